The van der Waals surface area contributed by atoms with Crippen molar-refractivity contribution in [3.63, 3.8) is 0 Å². The maximum atomic E-state index is 11.6. The van der Waals surface area contributed by atoms with Gasteiger partial charge in [-0.2, -0.15) is 0 Å². The molecule has 0 aliphatic rings. The lowest BCUT2D eigenvalue weighted by molar-refractivity contribution is -0.115. The second-order valence-corrected chi connectivity index (χ2v) is 4.52. The molecule has 0 bridgehead atoms. The molecule has 0 spiro atoms. The Hall–Kier alpha value is -1.44. The Bertz CT molecular complexity index is 420. The normalized spacial score (nSPS) is 10.2. The number of amides is 1. The number of hydrogen-bond donors (Lipinski definition) is 2. The first-order chi connectivity index (χ1) is 9.19. The number of ether oxygens (including phenoxy) is 2. The Morgan fingerprint density at radius 1 is 1.42 bits per heavy atom. The monoisotopic (exact) mass is 286 g/mol. The van der Waals surface area contributed by atoms with Crippen LogP contribution in [-0.2, 0) is 14.3 Å². The average molecular weight is 286 g/mol. The summed E-state index contributed by atoms with van der Waals surface area (Å²) in [4.78, 5) is 23.3. The molecule has 0 unspecified atom stereocenters. The van der Waals surface area contributed by atoms with Gasteiger partial charge in [0.2, 0.25) is 5.91 Å². The summed E-state index contributed by atoms with van der Waals surface area (Å²) in [5.41, 5.74) is 0.386. The van der Waals surface area contributed by atoms with Crippen molar-refractivity contribution in [1.82, 2.24) is 5.32 Å². The molecule has 0 radical (unpaired) electrons. The van der Waals surface area contributed by atoms with Crippen molar-refractivity contribution < 1.29 is 19.1 Å². The summed E-state index contributed by atoms with van der Waals surface area (Å²) < 4.78 is 9.76. The van der Waals surface area contributed by atoms with Crippen LogP contribution in [0.2, 0.25) is 0 Å². The molecule has 19 heavy (non-hydrogen) atoms. The summed E-state index contributed by atoms with van der Waals surface area (Å²) in [5.74, 6) is -0.629. The molecule has 0 atom stereocenters. The van der Waals surface area contributed by atoms with E-state index in [-0.39, 0.29) is 12.5 Å². The summed E-state index contributed by atoms with van der Waals surface area (Å²) in [6.45, 7) is 3.35. The molecule has 6 nitrogen and oxygen atoms in total. The van der Waals surface area contributed by atoms with E-state index in [1.54, 1.807) is 25.5 Å². The van der Waals surface area contributed by atoms with E-state index in [0.29, 0.717) is 30.3 Å². The molecule has 1 aromatic rings. The van der Waals surface area contributed by atoms with E-state index in [9.17, 15) is 9.59 Å². The molecule has 1 amide bonds. The molecule has 0 saturated carbocycles. The molecule has 0 aliphatic carbocycles. The lowest BCUT2D eigenvalue weighted by Crippen LogP contribution is -2.30. The Balaban J connectivity index is 2.46. The fourth-order valence-corrected chi connectivity index (χ4v) is 2.11. The van der Waals surface area contributed by atoms with Gasteiger partial charge in [-0.1, -0.05) is 0 Å². The second kappa shape index (κ2) is 8.63. The zero-order valence-electron chi connectivity index (χ0n) is 11.0. The highest BCUT2D eigenvalue weighted by Crippen LogP contribution is 2.23. The molecular weight excluding hydrogens is 268 g/mol. The van der Waals surface area contributed by atoms with Crippen molar-refractivity contribution in [2.45, 2.75) is 6.92 Å². The van der Waals surface area contributed by atoms with E-state index in [1.807, 2.05) is 0 Å². The van der Waals surface area contributed by atoms with E-state index < -0.39 is 5.97 Å². The molecular formula is C12H18N2O4S. The number of carbonyl (C=O) groups excluding carboxylic acids is 2. The van der Waals surface area contributed by atoms with E-state index in [1.165, 1.54) is 11.3 Å². The van der Waals surface area contributed by atoms with Gasteiger partial charge >= 0.3 is 5.97 Å². The van der Waals surface area contributed by atoms with Gasteiger partial charge in [-0.25, -0.2) is 4.79 Å². The van der Waals surface area contributed by atoms with Gasteiger partial charge in [-0.3, -0.25) is 4.79 Å². The maximum Gasteiger partial charge on any atom is 0.341 e. The fourth-order valence-electron chi connectivity index (χ4n) is 1.32. The van der Waals surface area contributed by atoms with Gasteiger partial charge in [0.15, 0.2) is 0 Å². The van der Waals surface area contributed by atoms with Crippen LogP contribution in [0.4, 0.5) is 5.00 Å². The van der Waals surface area contributed by atoms with Crippen LogP contribution in [0.1, 0.15) is 17.3 Å². The van der Waals surface area contributed by atoms with Crippen LogP contribution < -0.4 is 10.6 Å². The van der Waals surface area contributed by atoms with E-state index in [4.69, 9.17) is 9.47 Å². The van der Waals surface area contributed by atoms with Crippen molar-refractivity contribution in [3.8, 4) is 0 Å². The quantitative estimate of drug-likeness (QED) is 0.553. The zero-order valence-corrected chi connectivity index (χ0v) is 11.8. The summed E-state index contributed by atoms with van der Waals surface area (Å²) in [5, 5.41) is 7.85. The number of anilines is 1. The minimum absolute atomic E-state index is 0.170. The minimum atomic E-state index is -0.425. The highest BCUT2D eigenvalue weighted by molar-refractivity contribution is 7.14. The van der Waals surface area contributed by atoms with E-state index in [2.05, 4.69) is 10.6 Å². The second-order valence-electron chi connectivity index (χ2n) is 3.60. The number of hydrogen-bond acceptors (Lipinski definition) is 6. The standard InChI is InChI=1S/C12H18N2O4S/c1-3-18-12(16)9-4-7-19-11(9)14-10(15)8-13-5-6-17-2/h4,7,13H,3,5-6,8H2,1-2H3,(H,14,15). The van der Waals surface area contributed by atoms with Crippen molar-refractivity contribution in [1.29, 1.82) is 0 Å². The van der Waals surface area contributed by atoms with Crippen LogP contribution in [0.3, 0.4) is 0 Å². The Kier molecular flexibility index (Phi) is 7.09. The van der Waals surface area contributed by atoms with Gasteiger partial charge in [-0.15, -0.1) is 11.3 Å². The van der Waals surface area contributed by atoms with Gasteiger partial charge in [0.1, 0.15) is 5.00 Å². The third-order valence-corrected chi connectivity index (χ3v) is 3.01. The molecule has 1 aromatic heterocycles. The summed E-state index contributed by atoms with van der Waals surface area (Å²) in [6, 6.07) is 1.64. The number of thiophene rings is 1. The fraction of sp³-hybridized carbons (Fsp3) is 0.500. The van der Waals surface area contributed by atoms with Crippen LogP contribution in [0.15, 0.2) is 11.4 Å². The van der Waals surface area contributed by atoms with E-state index in [0.717, 1.165) is 0 Å². The van der Waals surface area contributed by atoms with E-state index >= 15 is 0 Å². The summed E-state index contributed by atoms with van der Waals surface area (Å²) in [7, 11) is 1.60. The van der Waals surface area contributed by atoms with Gasteiger partial charge in [-0.05, 0) is 18.4 Å². The highest BCUT2D eigenvalue weighted by Gasteiger charge is 2.15. The number of esters is 1. The third-order valence-electron chi connectivity index (χ3n) is 2.18. The van der Waals surface area contributed by atoms with Gasteiger partial charge in [0.05, 0.1) is 25.3 Å². The SMILES string of the molecule is CCOC(=O)c1ccsc1NC(=O)CNCCOC. The number of carbonyl (C=O) groups is 2. The molecule has 0 aromatic carbocycles. The molecule has 106 valence electrons. The Labute approximate surface area is 116 Å². The predicted molar refractivity (Wildman–Crippen MR) is 73.7 cm³/mol. The van der Waals surface area contributed by atoms with Gasteiger partial charge < -0.3 is 20.1 Å². The van der Waals surface area contributed by atoms with Gasteiger partial charge in [0, 0.05) is 13.7 Å². The topological polar surface area (TPSA) is 76.7 Å². The first kappa shape index (κ1) is 15.6. The first-order valence-electron chi connectivity index (χ1n) is 5.93. The van der Waals surface area contributed by atoms with Crippen molar-refractivity contribution in [2.75, 3.05) is 38.7 Å². The number of nitrogens with one attached hydrogen (secondary N) is 2. The summed E-state index contributed by atoms with van der Waals surface area (Å²) >= 11 is 1.29. The lowest BCUT2D eigenvalue weighted by atomic mass is 10.3. The minimum Gasteiger partial charge on any atom is -0.462 e. The number of rotatable bonds is 8. The largest absolute Gasteiger partial charge is 0.462 e. The summed E-state index contributed by atoms with van der Waals surface area (Å²) in [6.07, 6.45) is 0. The van der Waals surface area contributed by atoms with Crippen molar-refractivity contribution >= 4 is 28.2 Å². The highest BCUT2D eigenvalue weighted by atomic mass is 32.1. The third kappa shape index (κ3) is 5.37. The van der Waals surface area contributed by atoms with Crippen LogP contribution >= 0.6 is 11.3 Å². The van der Waals surface area contributed by atoms with Gasteiger partial charge in [0.25, 0.3) is 0 Å². The lowest BCUT2D eigenvalue weighted by Gasteiger charge is -2.07. The Morgan fingerprint density at radius 3 is 2.89 bits per heavy atom. The van der Waals surface area contributed by atoms with Crippen molar-refractivity contribution in [2.24, 2.45) is 0 Å². The molecule has 1 rings (SSSR count). The molecule has 0 saturated heterocycles. The molecule has 2 N–H and O–H groups in total. The molecule has 0 fully saturated rings. The smallest absolute Gasteiger partial charge is 0.341 e. The van der Waals surface area contributed by atoms with Crippen LogP contribution in [0.25, 0.3) is 0 Å². The molecule has 1 heterocycles. The van der Waals surface area contributed by atoms with Crippen LogP contribution in [0, 0.1) is 0 Å². The maximum absolute atomic E-state index is 11.6. The molecule has 0 aliphatic heterocycles. The number of methoxy groups -OCH3 is 1. The molecule has 7 heteroatoms. The average Bonchev–Trinajstić information content (AvgIpc) is 2.83. The zero-order chi connectivity index (χ0) is 14.1. The van der Waals surface area contributed by atoms with Crippen molar-refractivity contribution in [3.05, 3.63) is 17.0 Å². The van der Waals surface area contributed by atoms with Crippen LogP contribution in [0.5, 0.6) is 0 Å². The first-order valence-corrected chi connectivity index (χ1v) is 6.81. The van der Waals surface area contributed by atoms with Crippen LogP contribution in [-0.4, -0.2) is 45.3 Å². The predicted octanol–water partition coefficient (Wildman–Crippen LogP) is 1.10. The Morgan fingerprint density at radius 2 is 2.21 bits per heavy atom.